The number of amides is 1. The summed E-state index contributed by atoms with van der Waals surface area (Å²) in [7, 11) is 0. The molecule has 0 aliphatic heterocycles. The summed E-state index contributed by atoms with van der Waals surface area (Å²) in [5.41, 5.74) is 0.661. The molecule has 0 bridgehead atoms. The fourth-order valence-electron chi connectivity index (χ4n) is 2.60. The van der Waals surface area contributed by atoms with Gasteiger partial charge in [0.15, 0.2) is 5.16 Å². The number of carbonyl (C=O) groups is 1. The normalized spacial score (nSPS) is 12.0. The highest BCUT2D eigenvalue weighted by molar-refractivity contribution is 8.00. The predicted octanol–water partition coefficient (Wildman–Crippen LogP) is 5.66. The van der Waals surface area contributed by atoms with Gasteiger partial charge >= 0.3 is 0 Å². The first-order valence-electron chi connectivity index (χ1n) is 8.54. The van der Waals surface area contributed by atoms with Gasteiger partial charge in [-0.3, -0.25) is 14.2 Å². The molecule has 0 saturated heterocycles. The molecule has 0 radical (unpaired) electrons. The van der Waals surface area contributed by atoms with Crippen LogP contribution in [0.25, 0.3) is 10.9 Å². The number of nitrogens with zero attached hydrogens (tertiary/aromatic N) is 2. The SMILES string of the molecule is C=CCn1c(SC(C)C(=O)Nc2cccc(Cl)c2Cl)nc2cc(Cl)ccc2c1=O. The molecular formula is C20H16Cl3N3O2S. The summed E-state index contributed by atoms with van der Waals surface area (Å²) in [4.78, 5) is 30.1. The average Bonchev–Trinajstić information content (AvgIpc) is 2.68. The Kier molecular flexibility index (Phi) is 6.90. The van der Waals surface area contributed by atoms with E-state index in [1.165, 1.54) is 4.57 Å². The highest BCUT2D eigenvalue weighted by Crippen LogP contribution is 2.31. The van der Waals surface area contributed by atoms with E-state index in [4.69, 9.17) is 34.8 Å². The highest BCUT2D eigenvalue weighted by atomic mass is 35.5. The lowest BCUT2D eigenvalue weighted by Gasteiger charge is -2.16. The van der Waals surface area contributed by atoms with Crippen LogP contribution < -0.4 is 10.9 Å². The molecule has 150 valence electrons. The smallest absolute Gasteiger partial charge is 0.262 e. The van der Waals surface area contributed by atoms with E-state index in [-0.39, 0.29) is 23.0 Å². The van der Waals surface area contributed by atoms with Gasteiger partial charge in [-0.15, -0.1) is 6.58 Å². The van der Waals surface area contributed by atoms with Gasteiger partial charge in [-0.1, -0.05) is 58.7 Å². The zero-order valence-corrected chi connectivity index (χ0v) is 18.4. The first kappa shape index (κ1) is 21.7. The van der Waals surface area contributed by atoms with E-state index in [0.717, 1.165) is 11.8 Å². The molecule has 0 aliphatic carbocycles. The molecule has 3 rings (SSSR count). The maximum atomic E-state index is 12.9. The van der Waals surface area contributed by atoms with Crippen LogP contribution in [-0.4, -0.2) is 20.7 Å². The zero-order valence-electron chi connectivity index (χ0n) is 15.3. The van der Waals surface area contributed by atoms with Crippen LogP contribution in [0.4, 0.5) is 5.69 Å². The zero-order chi connectivity index (χ0) is 21.1. The summed E-state index contributed by atoms with van der Waals surface area (Å²) in [6.07, 6.45) is 1.60. The minimum absolute atomic E-state index is 0.223. The molecular weight excluding hydrogens is 453 g/mol. The number of halogens is 3. The number of rotatable bonds is 6. The number of thioether (sulfide) groups is 1. The van der Waals surface area contributed by atoms with Crippen LogP contribution in [0.3, 0.4) is 0 Å². The van der Waals surface area contributed by atoms with E-state index >= 15 is 0 Å². The predicted molar refractivity (Wildman–Crippen MR) is 122 cm³/mol. The third kappa shape index (κ3) is 4.78. The Labute approximate surface area is 186 Å². The topological polar surface area (TPSA) is 64.0 Å². The molecule has 9 heteroatoms. The maximum Gasteiger partial charge on any atom is 0.262 e. The second kappa shape index (κ2) is 9.22. The maximum absolute atomic E-state index is 12.9. The van der Waals surface area contributed by atoms with Gasteiger partial charge in [-0.25, -0.2) is 4.98 Å². The Morgan fingerprint density at radius 3 is 2.79 bits per heavy atom. The van der Waals surface area contributed by atoms with Crippen molar-refractivity contribution >= 4 is 69.1 Å². The highest BCUT2D eigenvalue weighted by Gasteiger charge is 2.20. The molecule has 0 aliphatic rings. The number of carbonyl (C=O) groups excluding carboxylic acids is 1. The van der Waals surface area contributed by atoms with Crippen molar-refractivity contribution in [2.45, 2.75) is 23.9 Å². The number of hydrogen-bond donors (Lipinski definition) is 1. The van der Waals surface area contributed by atoms with Gasteiger partial charge in [0, 0.05) is 11.6 Å². The molecule has 0 spiro atoms. The van der Waals surface area contributed by atoms with E-state index in [2.05, 4.69) is 16.9 Å². The van der Waals surface area contributed by atoms with Crippen LogP contribution in [0, 0.1) is 0 Å². The second-order valence-electron chi connectivity index (χ2n) is 6.11. The van der Waals surface area contributed by atoms with Crippen molar-refractivity contribution in [1.29, 1.82) is 0 Å². The van der Waals surface area contributed by atoms with Crippen molar-refractivity contribution in [1.82, 2.24) is 9.55 Å². The van der Waals surface area contributed by atoms with Crippen LogP contribution in [0.15, 0.2) is 59.0 Å². The van der Waals surface area contributed by atoms with Gasteiger partial charge in [0.05, 0.1) is 31.9 Å². The Balaban J connectivity index is 1.92. The minimum atomic E-state index is -0.565. The van der Waals surface area contributed by atoms with Crippen molar-refractivity contribution in [2.24, 2.45) is 0 Å². The van der Waals surface area contributed by atoms with Crippen LogP contribution in [0.2, 0.25) is 15.1 Å². The molecule has 5 nitrogen and oxygen atoms in total. The number of fused-ring (bicyclic) bond motifs is 1. The largest absolute Gasteiger partial charge is 0.324 e. The van der Waals surface area contributed by atoms with Gasteiger partial charge in [0.2, 0.25) is 5.91 Å². The molecule has 1 atom stereocenters. The molecule has 1 N–H and O–H groups in total. The van der Waals surface area contributed by atoms with E-state index in [1.807, 2.05) is 0 Å². The third-order valence-corrected chi connectivity index (χ3v) is 6.20. The third-order valence-electron chi connectivity index (χ3n) is 4.05. The Hall–Kier alpha value is -1.99. The first-order valence-corrected chi connectivity index (χ1v) is 10.6. The summed E-state index contributed by atoms with van der Waals surface area (Å²) in [5, 5.41) is 4.11. The summed E-state index contributed by atoms with van der Waals surface area (Å²) in [5.74, 6) is -0.301. The quantitative estimate of drug-likeness (QED) is 0.288. The van der Waals surface area contributed by atoms with Crippen LogP contribution in [0.1, 0.15) is 6.92 Å². The summed E-state index contributed by atoms with van der Waals surface area (Å²) in [6, 6.07) is 9.89. The van der Waals surface area contributed by atoms with E-state index < -0.39 is 5.25 Å². The standard InChI is InChI=1S/C20H16Cl3N3O2S/c1-3-9-26-19(28)13-8-7-12(21)10-16(13)25-20(26)29-11(2)18(27)24-15-6-4-5-14(22)17(15)23/h3-8,10-11H,1,9H2,2H3,(H,24,27). The fourth-order valence-corrected chi connectivity index (χ4v) is 4.03. The summed E-state index contributed by atoms with van der Waals surface area (Å²) in [6.45, 7) is 5.67. The van der Waals surface area contributed by atoms with Gasteiger partial charge in [0.25, 0.3) is 5.56 Å². The Morgan fingerprint density at radius 1 is 1.31 bits per heavy atom. The number of aromatic nitrogens is 2. The minimum Gasteiger partial charge on any atom is -0.324 e. The van der Waals surface area contributed by atoms with Crippen LogP contribution >= 0.6 is 46.6 Å². The Bertz CT molecular complexity index is 1160. The van der Waals surface area contributed by atoms with Crippen molar-refractivity contribution in [3.8, 4) is 0 Å². The average molecular weight is 469 g/mol. The number of benzene rings is 2. The van der Waals surface area contributed by atoms with Gasteiger partial charge in [-0.05, 0) is 37.3 Å². The molecule has 29 heavy (non-hydrogen) atoms. The van der Waals surface area contributed by atoms with Crippen molar-refractivity contribution in [3.05, 3.63) is 74.5 Å². The van der Waals surface area contributed by atoms with E-state index in [0.29, 0.717) is 31.8 Å². The van der Waals surface area contributed by atoms with Gasteiger partial charge < -0.3 is 5.32 Å². The van der Waals surface area contributed by atoms with Crippen molar-refractivity contribution in [2.75, 3.05) is 5.32 Å². The first-order chi connectivity index (χ1) is 13.8. The Morgan fingerprint density at radius 2 is 2.07 bits per heavy atom. The number of allylic oxidation sites excluding steroid dienone is 1. The van der Waals surface area contributed by atoms with Crippen LogP contribution in [0.5, 0.6) is 0 Å². The molecule has 2 aromatic carbocycles. The second-order valence-corrected chi connectivity index (χ2v) is 8.64. The molecule has 1 amide bonds. The van der Waals surface area contributed by atoms with E-state index in [1.54, 1.807) is 49.4 Å². The van der Waals surface area contributed by atoms with Gasteiger partial charge in [-0.2, -0.15) is 0 Å². The molecule has 1 unspecified atom stereocenters. The molecule has 3 aromatic rings. The lowest BCUT2D eigenvalue weighted by molar-refractivity contribution is -0.115. The lowest BCUT2D eigenvalue weighted by Crippen LogP contribution is -2.27. The number of hydrogen-bond acceptors (Lipinski definition) is 4. The fraction of sp³-hybridized carbons (Fsp3) is 0.150. The summed E-state index contributed by atoms with van der Waals surface area (Å²) >= 11 is 19.3. The molecule has 0 fully saturated rings. The monoisotopic (exact) mass is 467 g/mol. The molecule has 1 aromatic heterocycles. The molecule has 0 saturated carbocycles. The van der Waals surface area contributed by atoms with Crippen molar-refractivity contribution < 1.29 is 4.79 Å². The molecule has 1 heterocycles. The van der Waals surface area contributed by atoms with Gasteiger partial charge in [0.1, 0.15) is 0 Å². The summed E-state index contributed by atoms with van der Waals surface area (Å²) < 4.78 is 1.48. The number of anilines is 1. The van der Waals surface area contributed by atoms with Crippen molar-refractivity contribution in [3.63, 3.8) is 0 Å². The van der Waals surface area contributed by atoms with E-state index in [9.17, 15) is 9.59 Å². The van der Waals surface area contributed by atoms with Crippen LogP contribution in [-0.2, 0) is 11.3 Å². The number of nitrogens with one attached hydrogen (secondary N) is 1. The lowest BCUT2D eigenvalue weighted by atomic mass is 10.2.